The SMILES string of the molecule is CN1CCN(c2ccc(-c3cc4nc(Cl)nc(N5CCOCC5)c4s3)cc2)CC1. The molecule has 6 nitrogen and oxygen atoms in total. The van der Waals surface area contributed by atoms with E-state index in [1.54, 1.807) is 11.3 Å². The van der Waals surface area contributed by atoms with E-state index in [1.165, 1.54) is 16.1 Å². The summed E-state index contributed by atoms with van der Waals surface area (Å²) in [4.78, 5) is 17.3. The van der Waals surface area contributed by atoms with E-state index in [0.717, 1.165) is 68.5 Å². The fraction of sp³-hybridized carbons (Fsp3) is 0.429. The highest BCUT2D eigenvalue weighted by atomic mass is 35.5. The number of aromatic nitrogens is 2. The summed E-state index contributed by atoms with van der Waals surface area (Å²) in [5, 5.41) is 0.300. The van der Waals surface area contributed by atoms with Crippen molar-refractivity contribution in [1.29, 1.82) is 0 Å². The third-order valence-corrected chi connectivity index (χ3v) is 7.00. The Morgan fingerprint density at radius 1 is 0.931 bits per heavy atom. The number of ether oxygens (including phenoxy) is 1. The number of likely N-dealkylation sites (N-methyl/N-ethyl adjacent to an activating group) is 1. The smallest absolute Gasteiger partial charge is 0.224 e. The fourth-order valence-electron chi connectivity index (χ4n) is 3.92. The molecule has 5 rings (SSSR count). The van der Waals surface area contributed by atoms with Gasteiger partial charge in [0.2, 0.25) is 5.28 Å². The summed E-state index contributed by atoms with van der Waals surface area (Å²) in [5.74, 6) is 0.925. The molecule has 2 fully saturated rings. The van der Waals surface area contributed by atoms with Crippen LogP contribution >= 0.6 is 22.9 Å². The van der Waals surface area contributed by atoms with E-state index in [9.17, 15) is 0 Å². The van der Waals surface area contributed by atoms with Gasteiger partial charge in [-0.15, -0.1) is 11.3 Å². The predicted molar refractivity (Wildman–Crippen MR) is 121 cm³/mol. The highest BCUT2D eigenvalue weighted by molar-refractivity contribution is 7.22. The van der Waals surface area contributed by atoms with Gasteiger partial charge >= 0.3 is 0 Å². The van der Waals surface area contributed by atoms with Gasteiger partial charge in [0.25, 0.3) is 0 Å². The quantitative estimate of drug-likeness (QED) is 0.593. The first kappa shape index (κ1) is 19.1. The molecule has 2 saturated heterocycles. The zero-order valence-electron chi connectivity index (χ0n) is 16.5. The molecule has 3 aromatic rings. The van der Waals surface area contributed by atoms with Crippen LogP contribution < -0.4 is 9.80 Å². The number of thiophene rings is 1. The molecule has 0 amide bonds. The van der Waals surface area contributed by atoms with Gasteiger partial charge in [0.05, 0.1) is 23.4 Å². The summed E-state index contributed by atoms with van der Waals surface area (Å²) < 4.78 is 6.58. The first-order valence-electron chi connectivity index (χ1n) is 10.0. The number of morpholine rings is 1. The van der Waals surface area contributed by atoms with E-state index in [2.05, 4.69) is 62.0 Å². The molecule has 2 aliphatic heterocycles. The number of rotatable bonds is 3. The lowest BCUT2D eigenvalue weighted by Gasteiger charge is -2.34. The first-order valence-corrected chi connectivity index (χ1v) is 11.2. The second kappa shape index (κ2) is 8.07. The van der Waals surface area contributed by atoms with Gasteiger partial charge in [-0.05, 0) is 42.4 Å². The Kier molecular flexibility index (Phi) is 5.30. The average Bonchev–Trinajstić information content (AvgIpc) is 3.18. The van der Waals surface area contributed by atoms with Gasteiger partial charge in [-0.25, -0.2) is 4.98 Å². The lowest BCUT2D eigenvalue weighted by Crippen LogP contribution is -2.44. The molecule has 0 N–H and O–H groups in total. The van der Waals surface area contributed by atoms with Crippen molar-refractivity contribution in [2.24, 2.45) is 0 Å². The zero-order valence-corrected chi connectivity index (χ0v) is 18.0. The van der Waals surface area contributed by atoms with Crippen LogP contribution in [0.1, 0.15) is 0 Å². The largest absolute Gasteiger partial charge is 0.378 e. The molecule has 1 aromatic carbocycles. The van der Waals surface area contributed by atoms with Crippen LogP contribution in [0.2, 0.25) is 5.28 Å². The predicted octanol–water partition coefficient (Wildman–Crippen LogP) is 3.60. The average molecular weight is 430 g/mol. The molecule has 0 radical (unpaired) electrons. The van der Waals surface area contributed by atoms with Crippen molar-refractivity contribution in [3.8, 4) is 10.4 Å². The molecule has 0 bridgehead atoms. The minimum absolute atomic E-state index is 0.300. The Morgan fingerprint density at radius 2 is 1.66 bits per heavy atom. The number of benzene rings is 1. The van der Waals surface area contributed by atoms with Crippen LogP contribution in [0.25, 0.3) is 20.7 Å². The van der Waals surface area contributed by atoms with Crippen molar-refractivity contribution in [2.75, 3.05) is 69.3 Å². The highest BCUT2D eigenvalue weighted by Crippen LogP contribution is 2.38. The van der Waals surface area contributed by atoms with Gasteiger partial charge in [0.15, 0.2) is 5.82 Å². The van der Waals surface area contributed by atoms with Crippen LogP contribution in [0, 0.1) is 0 Å². The maximum absolute atomic E-state index is 6.23. The van der Waals surface area contributed by atoms with Crippen molar-refractivity contribution >= 4 is 44.7 Å². The standard InChI is InChI=1S/C21H24ClN5OS/c1-25-6-8-26(9-7-25)16-4-2-15(3-5-16)18-14-17-19(29-18)20(24-21(22)23-17)27-10-12-28-13-11-27/h2-5,14H,6-13H2,1H3. The minimum atomic E-state index is 0.300. The number of piperazine rings is 1. The van der Waals surface area contributed by atoms with Crippen molar-refractivity contribution in [3.63, 3.8) is 0 Å². The molecule has 2 aliphatic rings. The maximum Gasteiger partial charge on any atom is 0.224 e. The van der Waals surface area contributed by atoms with Crippen molar-refractivity contribution in [3.05, 3.63) is 35.6 Å². The lowest BCUT2D eigenvalue weighted by atomic mass is 10.1. The molecule has 0 unspecified atom stereocenters. The molecule has 2 aromatic heterocycles. The second-order valence-electron chi connectivity index (χ2n) is 7.58. The number of halogens is 1. The summed E-state index contributed by atoms with van der Waals surface area (Å²) in [5.41, 5.74) is 3.41. The maximum atomic E-state index is 6.23. The fourth-order valence-corrected chi connectivity index (χ4v) is 5.21. The molecule has 0 saturated carbocycles. The van der Waals surface area contributed by atoms with Gasteiger partial charge in [-0.1, -0.05) is 12.1 Å². The van der Waals surface area contributed by atoms with E-state index < -0.39 is 0 Å². The van der Waals surface area contributed by atoms with Crippen LogP contribution in [-0.2, 0) is 4.74 Å². The summed E-state index contributed by atoms with van der Waals surface area (Å²) in [7, 11) is 2.18. The van der Waals surface area contributed by atoms with Crippen molar-refractivity contribution in [2.45, 2.75) is 0 Å². The molecule has 0 spiro atoms. The summed E-state index contributed by atoms with van der Waals surface area (Å²) in [6.07, 6.45) is 0. The molecule has 0 aliphatic carbocycles. The van der Waals surface area contributed by atoms with Gasteiger partial charge in [-0.2, -0.15) is 4.98 Å². The Balaban J connectivity index is 1.44. The van der Waals surface area contributed by atoms with Crippen LogP contribution in [0.4, 0.5) is 11.5 Å². The van der Waals surface area contributed by atoms with Gasteiger partial charge in [-0.3, -0.25) is 0 Å². The number of anilines is 2. The number of fused-ring (bicyclic) bond motifs is 1. The minimum Gasteiger partial charge on any atom is -0.378 e. The van der Waals surface area contributed by atoms with Crippen molar-refractivity contribution < 1.29 is 4.74 Å². The molecular weight excluding hydrogens is 406 g/mol. The van der Waals surface area contributed by atoms with E-state index >= 15 is 0 Å². The Morgan fingerprint density at radius 3 is 2.38 bits per heavy atom. The first-order chi connectivity index (χ1) is 14.2. The van der Waals surface area contributed by atoms with Gasteiger partial charge < -0.3 is 19.4 Å². The summed E-state index contributed by atoms with van der Waals surface area (Å²) in [6.45, 7) is 7.48. The molecule has 29 heavy (non-hydrogen) atoms. The van der Waals surface area contributed by atoms with Crippen molar-refractivity contribution in [1.82, 2.24) is 14.9 Å². The van der Waals surface area contributed by atoms with Gasteiger partial charge in [0, 0.05) is 49.8 Å². The summed E-state index contributed by atoms with van der Waals surface area (Å²) in [6, 6.07) is 11.0. The second-order valence-corrected chi connectivity index (χ2v) is 8.97. The third-order valence-electron chi connectivity index (χ3n) is 5.66. The van der Waals surface area contributed by atoms with E-state index in [-0.39, 0.29) is 0 Å². The molecule has 4 heterocycles. The normalized spacial score (nSPS) is 18.6. The number of hydrogen-bond acceptors (Lipinski definition) is 7. The van der Waals surface area contributed by atoms with Crippen LogP contribution in [0.3, 0.4) is 0 Å². The molecule has 152 valence electrons. The monoisotopic (exact) mass is 429 g/mol. The van der Waals surface area contributed by atoms with Crippen LogP contribution in [0.15, 0.2) is 30.3 Å². The topological polar surface area (TPSA) is 44.7 Å². The summed E-state index contributed by atoms with van der Waals surface area (Å²) >= 11 is 7.97. The number of hydrogen-bond donors (Lipinski definition) is 0. The van der Waals surface area contributed by atoms with E-state index in [4.69, 9.17) is 16.3 Å². The molecular formula is C21H24ClN5OS. The zero-order chi connectivity index (χ0) is 19.8. The molecule has 8 heteroatoms. The van der Waals surface area contributed by atoms with Crippen LogP contribution in [0.5, 0.6) is 0 Å². The Hall–Kier alpha value is -1.93. The molecule has 0 atom stereocenters. The highest BCUT2D eigenvalue weighted by Gasteiger charge is 2.20. The Bertz CT molecular complexity index is 994. The lowest BCUT2D eigenvalue weighted by molar-refractivity contribution is 0.122. The third kappa shape index (κ3) is 3.92. The van der Waals surface area contributed by atoms with E-state index in [1.807, 2.05) is 0 Å². The Labute approximate surface area is 179 Å². The van der Waals surface area contributed by atoms with Gasteiger partial charge in [0.1, 0.15) is 0 Å². The number of nitrogens with zero attached hydrogens (tertiary/aromatic N) is 5. The van der Waals surface area contributed by atoms with Crippen LogP contribution in [-0.4, -0.2) is 74.4 Å². The van der Waals surface area contributed by atoms with E-state index in [0.29, 0.717) is 5.28 Å².